The van der Waals surface area contributed by atoms with Gasteiger partial charge in [-0.05, 0) is 51.4 Å². The molecule has 0 heterocycles. The van der Waals surface area contributed by atoms with E-state index in [1.165, 1.54) is 161 Å². The minimum atomic E-state index is -4.28. The number of phosphoric ester groups is 1. The Kier molecular flexibility index (Phi) is 48.2. The summed E-state index contributed by atoms with van der Waals surface area (Å²) in [7, 11) is -4.28. The molecule has 358 valence electrons. The van der Waals surface area contributed by atoms with Gasteiger partial charge in [0.2, 0.25) is 0 Å². The van der Waals surface area contributed by atoms with Crippen LogP contribution in [0.5, 0.6) is 0 Å². The Morgan fingerprint density at radius 1 is 0.508 bits per heavy atom. The predicted molar refractivity (Wildman–Crippen MR) is 261 cm³/mol. The molecule has 0 aromatic heterocycles. The molecule has 2 atom stereocenters. The number of nitrogens with two attached hydrogens (primary N) is 1. The molecule has 0 aliphatic heterocycles. The lowest BCUT2D eigenvalue weighted by Gasteiger charge is -2.20. The van der Waals surface area contributed by atoms with E-state index in [4.69, 9.17) is 24.3 Å². The lowest BCUT2D eigenvalue weighted by molar-refractivity contribution is -0.154. The van der Waals surface area contributed by atoms with Crippen molar-refractivity contribution < 1.29 is 32.8 Å². The third-order valence-corrected chi connectivity index (χ3v) is 12.0. The predicted octanol–water partition coefficient (Wildman–Crippen LogP) is 15.9. The number of ether oxygens (including phenoxy) is 2. The van der Waals surface area contributed by atoms with Crippen molar-refractivity contribution in [2.45, 2.75) is 245 Å². The van der Waals surface area contributed by atoms with E-state index in [9.17, 15) is 14.3 Å². The number of carbonyl (C=O) groups is 1. The van der Waals surface area contributed by atoms with Gasteiger partial charge in [-0.25, -0.2) is 4.57 Å². The van der Waals surface area contributed by atoms with Gasteiger partial charge in [0.15, 0.2) is 0 Å². The first kappa shape index (κ1) is 59.5. The monoisotopic (exact) mass is 880 g/mol. The van der Waals surface area contributed by atoms with E-state index < -0.39 is 13.9 Å². The molecule has 0 aliphatic rings. The molecular formula is C52H98NO7P. The van der Waals surface area contributed by atoms with Gasteiger partial charge in [-0.2, -0.15) is 0 Å². The molecule has 8 nitrogen and oxygen atoms in total. The van der Waals surface area contributed by atoms with Gasteiger partial charge in [0.05, 0.1) is 19.8 Å². The number of esters is 1. The molecule has 0 saturated heterocycles. The van der Waals surface area contributed by atoms with Crippen molar-refractivity contribution in [2.75, 3.05) is 33.0 Å². The minimum Gasteiger partial charge on any atom is -0.457 e. The summed E-state index contributed by atoms with van der Waals surface area (Å²) in [6, 6.07) is 0. The van der Waals surface area contributed by atoms with Crippen LogP contribution >= 0.6 is 7.82 Å². The molecule has 0 saturated carbocycles. The van der Waals surface area contributed by atoms with Crippen molar-refractivity contribution in [3.05, 3.63) is 48.6 Å². The fourth-order valence-corrected chi connectivity index (χ4v) is 8.05. The van der Waals surface area contributed by atoms with Crippen LogP contribution in [-0.2, 0) is 27.9 Å². The summed E-state index contributed by atoms with van der Waals surface area (Å²) in [5.41, 5.74) is 5.39. The fourth-order valence-electron chi connectivity index (χ4n) is 7.28. The fraction of sp³-hybridized carbons (Fsp3) is 0.827. The minimum absolute atomic E-state index is 0.0950. The van der Waals surface area contributed by atoms with Crippen molar-refractivity contribution in [3.8, 4) is 0 Å². The third kappa shape index (κ3) is 49.3. The zero-order chi connectivity index (χ0) is 44.4. The van der Waals surface area contributed by atoms with Crippen molar-refractivity contribution in [1.29, 1.82) is 0 Å². The van der Waals surface area contributed by atoms with Crippen LogP contribution in [0.3, 0.4) is 0 Å². The summed E-state index contributed by atoms with van der Waals surface area (Å²) < 4.78 is 33.6. The van der Waals surface area contributed by atoms with E-state index in [0.717, 1.165) is 57.8 Å². The number of carbonyl (C=O) groups excluding carboxylic acids is 1. The van der Waals surface area contributed by atoms with Gasteiger partial charge in [-0.15, -0.1) is 0 Å². The van der Waals surface area contributed by atoms with Crippen LogP contribution in [-0.4, -0.2) is 49.9 Å². The van der Waals surface area contributed by atoms with Crippen LogP contribution in [0.15, 0.2) is 48.6 Å². The maximum absolute atomic E-state index is 12.7. The highest BCUT2D eigenvalue weighted by atomic mass is 31.2. The van der Waals surface area contributed by atoms with E-state index in [0.29, 0.717) is 13.0 Å². The average Bonchev–Trinajstić information content (AvgIpc) is 3.25. The summed E-state index contributed by atoms with van der Waals surface area (Å²) >= 11 is 0. The van der Waals surface area contributed by atoms with Crippen LogP contribution in [0.2, 0.25) is 0 Å². The quantitative estimate of drug-likeness (QED) is 0.0269. The van der Waals surface area contributed by atoms with E-state index in [1.54, 1.807) is 0 Å². The summed E-state index contributed by atoms with van der Waals surface area (Å²) in [5, 5.41) is 0. The number of hydrogen-bond acceptors (Lipinski definition) is 7. The van der Waals surface area contributed by atoms with E-state index in [2.05, 4.69) is 62.5 Å². The van der Waals surface area contributed by atoms with E-state index in [1.807, 2.05) is 0 Å². The first-order chi connectivity index (χ1) is 29.9. The molecule has 0 aromatic rings. The van der Waals surface area contributed by atoms with Crippen LogP contribution in [0.1, 0.15) is 239 Å². The van der Waals surface area contributed by atoms with Gasteiger partial charge >= 0.3 is 13.8 Å². The van der Waals surface area contributed by atoms with Crippen LogP contribution < -0.4 is 5.73 Å². The van der Waals surface area contributed by atoms with Gasteiger partial charge in [-0.1, -0.05) is 229 Å². The number of unbranched alkanes of at least 4 members (excludes halogenated alkanes) is 28. The Morgan fingerprint density at radius 2 is 0.918 bits per heavy atom. The smallest absolute Gasteiger partial charge is 0.457 e. The number of phosphoric acid groups is 1. The van der Waals surface area contributed by atoms with Gasteiger partial charge in [-0.3, -0.25) is 13.8 Å². The average molecular weight is 880 g/mol. The standard InChI is InChI=1S/C52H98NO7P/c1-3-5-7-9-11-13-15-17-19-21-22-23-24-25-26-27-28-29-31-33-35-37-39-41-43-45-52(54)60-51(50-59-61(55,56)58-48-46-53)49-57-47-44-42-40-38-36-34-32-30-20-18-16-14-12-10-8-6-4-2/h5,7,11,13,17,19,22-23,51H,3-4,6,8-10,12,14-16,18,20-21,24-50,53H2,1-2H3,(H,55,56)/b7-5-,13-11-,19-17-,23-22-. The second kappa shape index (κ2) is 49.5. The second-order valence-corrected chi connectivity index (χ2v) is 18.5. The molecule has 0 amide bonds. The SMILES string of the molecule is CC/C=C\C/C=C\C/C=C\C/C=C\CCCCCCCCCCCCCCC(=O)OC(COCCCCCCCCCCCCCCCCCCC)COP(=O)(O)OCCN. The van der Waals surface area contributed by atoms with Gasteiger partial charge in [0.1, 0.15) is 6.10 Å². The van der Waals surface area contributed by atoms with E-state index in [-0.39, 0.29) is 32.3 Å². The van der Waals surface area contributed by atoms with Crippen LogP contribution in [0, 0.1) is 0 Å². The molecule has 3 N–H and O–H groups in total. The van der Waals surface area contributed by atoms with Crippen molar-refractivity contribution in [1.82, 2.24) is 0 Å². The second-order valence-electron chi connectivity index (χ2n) is 17.0. The Hall–Kier alpha value is -1.54. The molecular weight excluding hydrogens is 782 g/mol. The Bertz CT molecular complexity index is 1080. The highest BCUT2D eigenvalue weighted by Crippen LogP contribution is 2.43. The molecule has 0 spiro atoms. The zero-order valence-corrected chi connectivity index (χ0v) is 40.8. The van der Waals surface area contributed by atoms with Gasteiger partial charge in [0, 0.05) is 19.6 Å². The molecule has 0 bridgehead atoms. The maximum atomic E-state index is 12.7. The first-order valence-corrected chi connectivity index (χ1v) is 27.1. The number of hydrogen-bond donors (Lipinski definition) is 2. The third-order valence-electron chi connectivity index (χ3n) is 11.0. The summed E-state index contributed by atoms with van der Waals surface area (Å²) in [4.78, 5) is 22.6. The topological polar surface area (TPSA) is 117 Å². The Balaban J connectivity index is 3.91. The molecule has 2 unspecified atom stereocenters. The summed E-state index contributed by atoms with van der Waals surface area (Å²) in [6.45, 7) is 4.85. The van der Waals surface area contributed by atoms with Gasteiger partial charge < -0.3 is 20.1 Å². The molecule has 0 rings (SSSR count). The first-order valence-electron chi connectivity index (χ1n) is 25.6. The van der Waals surface area contributed by atoms with Crippen LogP contribution in [0.25, 0.3) is 0 Å². The summed E-state index contributed by atoms with van der Waals surface area (Å²) in [5.74, 6) is -0.330. The lowest BCUT2D eigenvalue weighted by atomic mass is 10.0. The maximum Gasteiger partial charge on any atom is 0.472 e. The lowest BCUT2D eigenvalue weighted by Crippen LogP contribution is -2.28. The largest absolute Gasteiger partial charge is 0.472 e. The highest BCUT2D eigenvalue weighted by molar-refractivity contribution is 7.47. The van der Waals surface area contributed by atoms with Crippen molar-refractivity contribution in [3.63, 3.8) is 0 Å². The van der Waals surface area contributed by atoms with Crippen LogP contribution in [0.4, 0.5) is 0 Å². The van der Waals surface area contributed by atoms with Crippen molar-refractivity contribution >= 4 is 13.8 Å². The highest BCUT2D eigenvalue weighted by Gasteiger charge is 2.25. The van der Waals surface area contributed by atoms with Crippen molar-refractivity contribution in [2.24, 2.45) is 5.73 Å². The van der Waals surface area contributed by atoms with E-state index >= 15 is 0 Å². The molecule has 0 aromatic carbocycles. The molecule has 61 heavy (non-hydrogen) atoms. The summed E-state index contributed by atoms with van der Waals surface area (Å²) in [6.07, 6.45) is 60.0. The number of rotatable bonds is 49. The molecule has 0 aliphatic carbocycles. The number of allylic oxidation sites excluding steroid dienone is 8. The zero-order valence-electron chi connectivity index (χ0n) is 39.9. The molecule has 9 heteroatoms. The van der Waals surface area contributed by atoms with Gasteiger partial charge in [0.25, 0.3) is 0 Å². The normalized spacial score (nSPS) is 13.7. The molecule has 0 radical (unpaired) electrons. The molecule has 0 fully saturated rings. The Morgan fingerprint density at radius 3 is 1.38 bits per heavy atom. The Labute approximate surface area is 377 Å².